The van der Waals surface area contributed by atoms with E-state index in [2.05, 4.69) is 22.8 Å². The maximum absolute atomic E-state index is 14.5. The third kappa shape index (κ3) is 3.24. The summed E-state index contributed by atoms with van der Waals surface area (Å²) >= 11 is 4.33. The molecule has 0 atom stereocenters. The Bertz CT molecular complexity index is 1010. The predicted octanol–water partition coefficient (Wildman–Crippen LogP) is 6.33. The number of aryl methyl sites for hydroxylation is 1. The van der Waals surface area contributed by atoms with Gasteiger partial charge in [0.2, 0.25) is 5.95 Å². The van der Waals surface area contributed by atoms with Gasteiger partial charge >= 0.3 is 0 Å². The van der Waals surface area contributed by atoms with Gasteiger partial charge in [0.25, 0.3) is 0 Å². The van der Waals surface area contributed by atoms with Gasteiger partial charge in [-0.05, 0) is 71.1 Å². The Morgan fingerprint density at radius 3 is 2.58 bits per heavy atom. The molecule has 0 saturated carbocycles. The van der Waals surface area contributed by atoms with Crippen molar-refractivity contribution in [1.29, 1.82) is 0 Å². The fraction of sp³-hybridized carbons (Fsp3) is 0.150. The zero-order chi connectivity index (χ0) is 18.8. The molecular weight excluding hydrogens is 354 g/mol. The van der Waals surface area contributed by atoms with Gasteiger partial charge in [0.05, 0.1) is 0 Å². The third-order valence-corrected chi connectivity index (χ3v) is 4.58. The van der Waals surface area contributed by atoms with E-state index >= 15 is 0 Å². The highest BCUT2D eigenvalue weighted by molar-refractivity contribution is 7.80. The quantitative estimate of drug-likeness (QED) is 0.331. The van der Waals surface area contributed by atoms with Crippen LogP contribution < -0.4 is 0 Å². The molecule has 0 saturated heterocycles. The summed E-state index contributed by atoms with van der Waals surface area (Å²) in [6.45, 7) is 2.63. The molecule has 0 amide bonds. The molecule has 132 valence electrons. The Kier molecular flexibility index (Phi) is 5.13. The minimum absolute atomic E-state index is 0.0195. The van der Waals surface area contributed by atoms with E-state index in [9.17, 15) is 13.7 Å². The Morgan fingerprint density at radius 2 is 1.92 bits per heavy atom. The van der Waals surface area contributed by atoms with Gasteiger partial charge in [-0.1, -0.05) is 12.1 Å². The Balaban J connectivity index is 2.46. The van der Waals surface area contributed by atoms with Crippen LogP contribution in [-0.4, -0.2) is 4.98 Å². The number of nitroso groups, excluding NO2 is 1. The first kappa shape index (κ1) is 18.2. The lowest BCUT2D eigenvalue weighted by Gasteiger charge is -2.17. The van der Waals surface area contributed by atoms with Crippen molar-refractivity contribution in [3.63, 3.8) is 0 Å². The molecule has 2 aromatic carbocycles. The second-order valence-electron chi connectivity index (χ2n) is 6.06. The zero-order valence-corrected chi connectivity index (χ0v) is 15.1. The van der Waals surface area contributed by atoms with Gasteiger partial charge < -0.3 is 0 Å². The molecule has 0 N–H and O–H groups in total. The molecule has 0 spiro atoms. The SMILES string of the molecule is Cc1cnc(F)c(-c2c(-c3cccc(S)c3)cc(CF)c(C)c2N=O)c1. The van der Waals surface area contributed by atoms with Crippen molar-refractivity contribution in [2.75, 3.05) is 0 Å². The van der Waals surface area contributed by atoms with Crippen molar-refractivity contribution in [3.05, 3.63) is 70.1 Å². The zero-order valence-electron chi connectivity index (χ0n) is 14.3. The molecule has 3 rings (SSSR count). The van der Waals surface area contributed by atoms with Crippen molar-refractivity contribution in [3.8, 4) is 22.3 Å². The molecule has 0 radical (unpaired) electrons. The highest BCUT2D eigenvalue weighted by Gasteiger charge is 2.22. The first-order chi connectivity index (χ1) is 12.5. The molecule has 0 aliphatic rings. The van der Waals surface area contributed by atoms with Crippen molar-refractivity contribution in [2.45, 2.75) is 25.4 Å². The molecule has 0 aliphatic carbocycles. The van der Waals surface area contributed by atoms with Crippen LogP contribution >= 0.6 is 12.6 Å². The van der Waals surface area contributed by atoms with Gasteiger partial charge in [-0.25, -0.2) is 9.37 Å². The molecule has 3 nitrogen and oxygen atoms in total. The van der Waals surface area contributed by atoms with E-state index in [-0.39, 0.29) is 11.3 Å². The molecule has 1 aromatic heterocycles. The summed E-state index contributed by atoms with van der Waals surface area (Å²) in [6, 6.07) is 10.4. The summed E-state index contributed by atoms with van der Waals surface area (Å²) in [6.07, 6.45) is 1.41. The summed E-state index contributed by atoms with van der Waals surface area (Å²) < 4.78 is 28.0. The highest BCUT2D eigenvalue weighted by Crippen LogP contribution is 2.44. The number of hydrogen-bond donors (Lipinski definition) is 1. The fourth-order valence-corrected chi connectivity index (χ4v) is 3.20. The normalized spacial score (nSPS) is 10.8. The van der Waals surface area contributed by atoms with Gasteiger partial charge in [0.1, 0.15) is 12.4 Å². The van der Waals surface area contributed by atoms with E-state index in [1.54, 1.807) is 50.2 Å². The number of thiol groups is 1. The number of hydrogen-bond acceptors (Lipinski definition) is 4. The number of halogens is 2. The summed E-state index contributed by atoms with van der Waals surface area (Å²) in [5, 5.41) is 3.10. The summed E-state index contributed by atoms with van der Waals surface area (Å²) in [5.74, 6) is -0.712. The van der Waals surface area contributed by atoms with Crippen molar-refractivity contribution < 1.29 is 8.78 Å². The third-order valence-electron chi connectivity index (χ3n) is 4.30. The van der Waals surface area contributed by atoms with Crippen LogP contribution in [0.15, 0.2) is 52.7 Å². The number of nitrogens with zero attached hydrogens (tertiary/aromatic N) is 2. The summed E-state index contributed by atoms with van der Waals surface area (Å²) in [7, 11) is 0. The number of alkyl halides is 1. The largest absolute Gasteiger partial charge is 0.246 e. The summed E-state index contributed by atoms with van der Waals surface area (Å²) in [5.41, 5.74) is 3.15. The average Bonchev–Trinajstić information content (AvgIpc) is 2.63. The lowest BCUT2D eigenvalue weighted by Crippen LogP contribution is -1.98. The van der Waals surface area contributed by atoms with E-state index < -0.39 is 12.6 Å². The topological polar surface area (TPSA) is 42.3 Å². The van der Waals surface area contributed by atoms with Crippen molar-refractivity contribution in [1.82, 2.24) is 4.98 Å². The molecule has 0 bridgehead atoms. The van der Waals surface area contributed by atoms with Crippen LogP contribution in [-0.2, 0) is 6.67 Å². The molecule has 3 aromatic rings. The number of benzene rings is 2. The van der Waals surface area contributed by atoms with Crippen LogP contribution in [0.1, 0.15) is 16.7 Å². The van der Waals surface area contributed by atoms with Crippen LogP contribution in [0.2, 0.25) is 0 Å². The molecule has 0 aliphatic heterocycles. The van der Waals surface area contributed by atoms with Gasteiger partial charge in [-0.2, -0.15) is 4.39 Å². The molecule has 1 heterocycles. The van der Waals surface area contributed by atoms with E-state index in [1.807, 2.05) is 0 Å². The fourth-order valence-electron chi connectivity index (χ4n) is 2.98. The lowest BCUT2D eigenvalue weighted by molar-refractivity contribution is 0.484. The van der Waals surface area contributed by atoms with Gasteiger partial charge in [0, 0.05) is 22.2 Å². The number of aromatic nitrogens is 1. The smallest absolute Gasteiger partial charge is 0.220 e. The van der Waals surface area contributed by atoms with Gasteiger partial charge in [-0.3, -0.25) is 0 Å². The minimum atomic E-state index is -0.753. The predicted molar refractivity (Wildman–Crippen MR) is 102 cm³/mol. The maximum atomic E-state index is 14.5. The average molecular weight is 370 g/mol. The Morgan fingerprint density at radius 1 is 1.15 bits per heavy atom. The van der Waals surface area contributed by atoms with E-state index in [0.717, 1.165) is 5.56 Å². The number of rotatable bonds is 4. The molecule has 0 fully saturated rings. The van der Waals surface area contributed by atoms with E-state index in [1.165, 1.54) is 6.20 Å². The van der Waals surface area contributed by atoms with Crippen LogP contribution in [0.4, 0.5) is 14.5 Å². The van der Waals surface area contributed by atoms with Crippen LogP contribution in [0, 0.1) is 24.7 Å². The first-order valence-corrected chi connectivity index (χ1v) is 8.38. The maximum Gasteiger partial charge on any atom is 0.220 e. The second kappa shape index (κ2) is 7.33. The minimum Gasteiger partial charge on any atom is -0.246 e. The van der Waals surface area contributed by atoms with E-state index in [0.29, 0.717) is 32.7 Å². The van der Waals surface area contributed by atoms with E-state index in [4.69, 9.17) is 0 Å². The second-order valence-corrected chi connectivity index (χ2v) is 6.57. The van der Waals surface area contributed by atoms with Crippen LogP contribution in [0.3, 0.4) is 0 Å². The lowest BCUT2D eigenvalue weighted by atomic mass is 9.89. The standard InChI is InChI=1S/C20H16F2N2OS/c1-11-6-17(20(22)23-10-11)18-16(13-4-3-5-15(26)7-13)8-14(9-21)12(2)19(18)24-25/h3-8,10,26H,9H2,1-2H3. The first-order valence-electron chi connectivity index (χ1n) is 7.94. The van der Waals surface area contributed by atoms with Crippen LogP contribution in [0.5, 0.6) is 0 Å². The Labute approximate surface area is 155 Å². The summed E-state index contributed by atoms with van der Waals surface area (Å²) in [4.78, 5) is 16.1. The van der Waals surface area contributed by atoms with Crippen LogP contribution in [0.25, 0.3) is 22.3 Å². The van der Waals surface area contributed by atoms with Gasteiger partial charge in [-0.15, -0.1) is 17.5 Å². The van der Waals surface area contributed by atoms with Crippen molar-refractivity contribution >= 4 is 18.3 Å². The van der Waals surface area contributed by atoms with Crippen molar-refractivity contribution in [2.24, 2.45) is 5.18 Å². The monoisotopic (exact) mass is 370 g/mol. The molecule has 0 unspecified atom stereocenters. The highest BCUT2D eigenvalue weighted by atomic mass is 32.1. The molecular formula is C20H16F2N2OS. The number of pyridine rings is 1. The van der Waals surface area contributed by atoms with Gasteiger partial charge in [0.15, 0.2) is 0 Å². The molecule has 26 heavy (non-hydrogen) atoms. The molecule has 6 heteroatoms. The Hall–Kier alpha value is -2.60.